The normalized spacial score (nSPS) is 30.3. The molecule has 3 atom stereocenters. The molecule has 3 aliphatic rings. The van der Waals surface area contributed by atoms with Gasteiger partial charge in [-0.15, -0.1) is 0 Å². The van der Waals surface area contributed by atoms with Gasteiger partial charge in [-0.1, -0.05) is 18.2 Å². The van der Waals surface area contributed by atoms with Gasteiger partial charge in [-0.3, -0.25) is 19.8 Å². The highest BCUT2D eigenvalue weighted by Crippen LogP contribution is 2.51. The van der Waals surface area contributed by atoms with Gasteiger partial charge in [0.1, 0.15) is 0 Å². The Morgan fingerprint density at radius 2 is 2.23 bits per heavy atom. The second kappa shape index (κ2) is 6.36. The highest BCUT2D eigenvalue weighted by Gasteiger charge is 2.51. The summed E-state index contributed by atoms with van der Waals surface area (Å²) in [6, 6.07) is 1.94. The van der Waals surface area contributed by atoms with Crippen LogP contribution in [0.2, 0.25) is 0 Å². The maximum Gasteiger partial charge on any atom is 0.274 e. The smallest absolute Gasteiger partial charge is 0.274 e. The van der Waals surface area contributed by atoms with E-state index in [4.69, 9.17) is 5.21 Å². The Morgan fingerprint density at radius 3 is 3.00 bits per heavy atom. The van der Waals surface area contributed by atoms with Gasteiger partial charge in [0.05, 0.1) is 17.3 Å². The quantitative estimate of drug-likeness (QED) is 0.632. The van der Waals surface area contributed by atoms with Crippen LogP contribution in [0.1, 0.15) is 31.2 Å². The lowest BCUT2D eigenvalue weighted by atomic mass is 9.63. The van der Waals surface area contributed by atoms with Crippen LogP contribution < -0.4 is 10.4 Å². The van der Waals surface area contributed by atoms with Gasteiger partial charge < -0.3 is 4.90 Å². The minimum absolute atomic E-state index is 0.211. The Balaban J connectivity index is 1.54. The highest BCUT2D eigenvalue weighted by molar-refractivity contribution is 6.00. The lowest BCUT2D eigenvalue weighted by molar-refractivity contribution is -0.128. The first-order chi connectivity index (χ1) is 12.5. The molecule has 1 aromatic heterocycles. The molecule has 6 heteroatoms. The average Bonchev–Trinajstić information content (AvgIpc) is 2.97. The summed E-state index contributed by atoms with van der Waals surface area (Å²) in [7, 11) is 0. The molecular formula is C20H23N3O3. The van der Waals surface area contributed by atoms with Crippen LogP contribution in [-0.2, 0) is 9.59 Å². The van der Waals surface area contributed by atoms with Crippen molar-refractivity contribution in [3.63, 3.8) is 0 Å². The van der Waals surface area contributed by atoms with E-state index in [1.807, 2.05) is 30.0 Å². The number of hydrogen-bond donors (Lipinski definition) is 2. The number of fused-ring (bicyclic) bond motifs is 1. The van der Waals surface area contributed by atoms with Crippen LogP contribution in [0.15, 0.2) is 42.3 Å². The van der Waals surface area contributed by atoms with Crippen molar-refractivity contribution in [3.05, 3.63) is 47.8 Å². The summed E-state index contributed by atoms with van der Waals surface area (Å²) in [5, 5.41) is 8.82. The van der Waals surface area contributed by atoms with Crippen molar-refractivity contribution < 1.29 is 14.8 Å². The number of hydrogen-bond acceptors (Lipinski definition) is 4. The van der Waals surface area contributed by atoms with Crippen LogP contribution in [0.5, 0.6) is 0 Å². The molecule has 0 aromatic carbocycles. The van der Waals surface area contributed by atoms with Crippen LogP contribution in [-0.4, -0.2) is 28.6 Å². The van der Waals surface area contributed by atoms with Crippen molar-refractivity contribution in [1.82, 2.24) is 10.5 Å². The third-order valence-electron chi connectivity index (χ3n) is 6.23. The number of hydroxylamine groups is 1. The van der Waals surface area contributed by atoms with Crippen molar-refractivity contribution in [2.45, 2.75) is 32.6 Å². The molecule has 1 saturated heterocycles. The van der Waals surface area contributed by atoms with Crippen molar-refractivity contribution in [1.29, 1.82) is 0 Å². The summed E-state index contributed by atoms with van der Waals surface area (Å²) in [4.78, 5) is 31.0. The first kappa shape index (κ1) is 17.0. The number of aryl methyl sites for hydroxylation is 1. The van der Waals surface area contributed by atoms with Gasteiger partial charge in [0, 0.05) is 18.3 Å². The third kappa shape index (κ3) is 2.65. The number of rotatable bonds is 2. The fourth-order valence-electron chi connectivity index (χ4n) is 4.72. The van der Waals surface area contributed by atoms with E-state index in [2.05, 4.69) is 4.98 Å². The lowest BCUT2D eigenvalue weighted by Crippen LogP contribution is -2.41. The fourth-order valence-corrected chi connectivity index (χ4v) is 4.72. The molecule has 136 valence electrons. The Bertz CT molecular complexity index is 816. The van der Waals surface area contributed by atoms with Crippen LogP contribution >= 0.6 is 0 Å². The molecule has 2 heterocycles. The predicted octanol–water partition coefficient (Wildman–Crippen LogP) is 2.53. The van der Waals surface area contributed by atoms with E-state index < -0.39 is 5.91 Å². The van der Waals surface area contributed by atoms with Gasteiger partial charge in [0.2, 0.25) is 5.91 Å². The Labute approximate surface area is 152 Å². The van der Waals surface area contributed by atoms with Gasteiger partial charge in [0.25, 0.3) is 5.91 Å². The van der Waals surface area contributed by atoms with Crippen molar-refractivity contribution >= 4 is 17.5 Å². The van der Waals surface area contributed by atoms with Gasteiger partial charge in [0.15, 0.2) is 0 Å². The first-order valence-corrected chi connectivity index (χ1v) is 9.11. The van der Waals surface area contributed by atoms with Crippen LogP contribution in [0.4, 0.5) is 5.69 Å². The molecular weight excluding hydrogens is 330 g/mol. The summed E-state index contributed by atoms with van der Waals surface area (Å²) in [6.07, 6.45) is 12.6. The number of nitrogens with one attached hydrogen (secondary N) is 1. The maximum absolute atomic E-state index is 13.3. The topological polar surface area (TPSA) is 82.5 Å². The maximum atomic E-state index is 13.3. The van der Waals surface area contributed by atoms with E-state index in [1.54, 1.807) is 23.9 Å². The summed E-state index contributed by atoms with van der Waals surface area (Å²) in [5.74, 6) is 0.247. The number of aromatic nitrogens is 1. The second-order valence-corrected chi connectivity index (χ2v) is 7.64. The molecule has 1 saturated carbocycles. The fraction of sp³-hybridized carbons (Fsp3) is 0.450. The van der Waals surface area contributed by atoms with Gasteiger partial charge in [-0.2, -0.15) is 0 Å². The molecule has 4 rings (SSSR count). The number of carbonyl (C=O) groups excluding carboxylic acids is 2. The van der Waals surface area contributed by atoms with Crippen molar-refractivity contribution in [3.8, 4) is 0 Å². The average molecular weight is 353 g/mol. The van der Waals surface area contributed by atoms with Crippen LogP contribution in [0.25, 0.3) is 0 Å². The summed E-state index contributed by atoms with van der Waals surface area (Å²) >= 11 is 0. The Kier molecular flexibility index (Phi) is 4.15. The zero-order valence-electron chi connectivity index (χ0n) is 14.8. The third-order valence-corrected chi connectivity index (χ3v) is 6.23. The molecule has 1 spiro atoms. The zero-order chi connectivity index (χ0) is 18.3. The SMILES string of the molecule is Cc1ccncc1N1CC[C@]2(CCC3C=C(C(=O)NO)C=CC3C2)C1=O. The standard InChI is InChI=1S/C20H23N3O3/c1-13-5-8-21-12-17(13)23-9-7-20(19(23)25)6-4-14-10-15(18(24)22-26)2-3-16(14)11-20/h2-3,5,8,10,12,14,16,26H,4,6-7,9,11H2,1H3,(H,22,24)/t14?,16?,20-/m0/s1. The number of amides is 2. The minimum Gasteiger partial charge on any atom is -0.310 e. The number of allylic oxidation sites excluding steroid dienone is 2. The first-order valence-electron chi connectivity index (χ1n) is 9.11. The van der Waals surface area contributed by atoms with Gasteiger partial charge >= 0.3 is 0 Å². The molecule has 2 N–H and O–H groups in total. The summed E-state index contributed by atoms with van der Waals surface area (Å²) in [5.41, 5.74) is 3.86. The van der Waals surface area contributed by atoms with E-state index in [-0.39, 0.29) is 23.2 Å². The molecule has 0 bridgehead atoms. The number of anilines is 1. The van der Waals surface area contributed by atoms with Gasteiger partial charge in [-0.25, -0.2) is 5.48 Å². The van der Waals surface area contributed by atoms with E-state index in [1.165, 1.54) is 0 Å². The van der Waals surface area contributed by atoms with Gasteiger partial charge in [-0.05, 0) is 56.1 Å². The Hall–Kier alpha value is -2.47. The molecule has 1 aromatic rings. The van der Waals surface area contributed by atoms with E-state index in [0.717, 1.165) is 43.5 Å². The van der Waals surface area contributed by atoms with Crippen molar-refractivity contribution in [2.24, 2.45) is 17.3 Å². The largest absolute Gasteiger partial charge is 0.310 e. The molecule has 1 aliphatic heterocycles. The zero-order valence-corrected chi connectivity index (χ0v) is 14.8. The number of nitrogens with zero attached hydrogens (tertiary/aromatic N) is 2. The molecule has 26 heavy (non-hydrogen) atoms. The summed E-state index contributed by atoms with van der Waals surface area (Å²) in [6.45, 7) is 2.75. The van der Waals surface area contributed by atoms with Crippen LogP contribution in [0, 0.1) is 24.2 Å². The molecule has 6 nitrogen and oxygen atoms in total. The summed E-state index contributed by atoms with van der Waals surface area (Å²) < 4.78 is 0. The van der Waals surface area contributed by atoms with Crippen LogP contribution in [0.3, 0.4) is 0 Å². The van der Waals surface area contributed by atoms with E-state index in [0.29, 0.717) is 5.57 Å². The van der Waals surface area contributed by atoms with E-state index in [9.17, 15) is 9.59 Å². The molecule has 2 fully saturated rings. The molecule has 2 amide bonds. The minimum atomic E-state index is -0.477. The molecule has 0 radical (unpaired) electrons. The lowest BCUT2D eigenvalue weighted by Gasteiger charge is -2.40. The number of pyridine rings is 1. The predicted molar refractivity (Wildman–Crippen MR) is 96.4 cm³/mol. The second-order valence-electron chi connectivity index (χ2n) is 7.64. The molecule has 2 aliphatic carbocycles. The Morgan fingerprint density at radius 1 is 1.38 bits per heavy atom. The van der Waals surface area contributed by atoms with E-state index >= 15 is 0 Å². The number of carbonyl (C=O) groups is 2. The monoisotopic (exact) mass is 353 g/mol. The molecule has 2 unspecified atom stereocenters. The van der Waals surface area contributed by atoms with Crippen molar-refractivity contribution in [2.75, 3.05) is 11.4 Å². The highest BCUT2D eigenvalue weighted by atomic mass is 16.5.